The largest absolute Gasteiger partial charge is 0.478 e. The van der Waals surface area contributed by atoms with Crippen LogP contribution in [0.15, 0.2) is 70.5 Å². The number of carboxylic acid groups (broad SMARTS) is 2. The number of anilines is 4. The zero-order valence-corrected chi connectivity index (χ0v) is 25.3. The molecule has 226 valence electrons. The van der Waals surface area contributed by atoms with Gasteiger partial charge >= 0.3 is 11.9 Å². The maximum absolute atomic E-state index is 12.8. The first-order valence-electron chi connectivity index (χ1n) is 13.2. The summed E-state index contributed by atoms with van der Waals surface area (Å²) in [6, 6.07) is 13.7. The maximum atomic E-state index is 12.8. The lowest BCUT2D eigenvalue weighted by Gasteiger charge is -2.19. The minimum absolute atomic E-state index is 0.0227. The smallest absolute Gasteiger partial charge is 0.337 e. The fourth-order valence-corrected chi connectivity index (χ4v) is 7.23. The van der Waals surface area contributed by atoms with Crippen molar-refractivity contribution in [1.82, 2.24) is 8.61 Å². The fourth-order valence-electron chi connectivity index (χ4n) is 4.32. The summed E-state index contributed by atoms with van der Waals surface area (Å²) in [4.78, 5) is 24.4. The molecule has 0 amide bonds. The van der Waals surface area contributed by atoms with Crippen LogP contribution in [0.1, 0.15) is 48.4 Å². The third-order valence-corrected chi connectivity index (χ3v) is 10.7. The van der Waals surface area contributed by atoms with Crippen molar-refractivity contribution in [3.05, 3.63) is 71.8 Å². The van der Waals surface area contributed by atoms with Gasteiger partial charge < -0.3 is 20.8 Å². The second kappa shape index (κ2) is 13.3. The van der Waals surface area contributed by atoms with E-state index in [1.165, 1.54) is 57.1 Å². The number of benzene rings is 3. The van der Waals surface area contributed by atoms with Crippen LogP contribution in [-0.2, 0) is 20.0 Å². The number of carboxylic acids is 2. The highest BCUT2D eigenvalue weighted by Crippen LogP contribution is 2.31. The van der Waals surface area contributed by atoms with Crippen molar-refractivity contribution in [1.29, 1.82) is 0 Å². The number of hydrogen-bond donors (Lipinski definition) is 4. The van der Waals surface area contributed by atoms with Crippen molar-refractivity contribution in [3.8, 4) is 0 Å². The molecule has 0 aliphatic rings. The van der Waals surface area contributed by atoms with E-state index < -0.39 is 32.0 Å². The molecule has 0 bridgehead atoms. The van der Waals surface area contributed by atoms with Crippen LogP contribution in [0.2, 0.25) is 0 Å². The average Bonchev–Trinajstić information content (AvgIpc) is 2.95. The molecule has 0 unspecified atom stereocenters. The Kier molecular flexibility index (Phi) is 10.3. The highest BCUT2D eigenvalue weighted by molar-refractivity contribution is 7.89. The lowest BCUT2D eigenvalue weighted by Crippen LogP contribution is -2.30. The van der Waals surface area contributed by atoms with Crippen LogP contribution >= 0.6 is 0 Å². The van der Waals surface area contributed by atoms with Crippen molar-refractivity contribution in [2.75, 3.05) is 36.8 Å². The number of aromatic carboxylic acids is 2. The summed E-state index contributed by atoms with van der Waals surface area (Å²) >= 11 is 0. The Balaban J connectivity index is 1.95. The minimum atomic E-state index is -3.69. The van der Waals surface area contributed by atoms with Gasteiger partial charge in [-0.1, -0.05) is 27.7 Å². The van der Waals surface area contributed by atoms with Gasteiger partial charge in [0.2, 0.25) is 20.0 Å². The second-order valence-electron chi connectivity index (χ2n) is 9.03. The lowest BCUT2D eigenvalue weighted by atomic mass is 10.1. The normalized spacial score (nSPS) is 12.0. The van der Waals surface area contributed by atoms with Crippen molar-refractivity contribution in [3.63, 3.8) is 0 Å². The number of nitrogens with zero attached hydrogens (tertiary/aromatic N) is 2. The van der Waals surface area contributed by atoms with Crippen LogP contribution in [0.25, 0.3) is 0 Å². The Labute approximate surface area is 245 Å². The number of nitrogens with one attached hydrogen (secondary N) is 2. The molecule has 4 N–H and O–H groups in total. The molecule has 0 aliphatic heterocycles. The number of hydrogen-bond acceptors (Lipinski definition) is 8. The molecule has 0 heterocycles. The summed E-state index contributed by atoms with van der Waals surface area (Å²) in [5, 5.41) is 25.5. The quantitative estimate of drug-likeness (QED) is 0.199. The van der Waals surface area contributed by atoms with Crippen LogP contribution < -0.4 is 10.6 Å². The van der Waals surface area contributed by atoms with Gasteiger partial charge in [-0.25, -0.2) is 26.4 Å². The van der Waals surface area contributed by atoms with Gasteiger partial charge in [0, 0.05) is 37.6 Å². The highest BCUT2D eigenvalue weighted by atomic mass is 32.2. The Morgan fingerprint density at radius 2 is 0.881 bits per heavy atom. The fraction of sp³-hybridized carbons (Fsp3) is 0.286. The van der Waals surface area contributed by atoms with Gasteiger partial charge in [0.25, 0.3) is 0 Å². The van der Waals surface area contributed by atoms with Crippen LogP contribution in [0.5, 0.6) is 0 Å². The lowest BCUT2D eigenvalue weighted by molar-refractivity contribution is 0.0683. The molecule has 0 aromatic heterocycles. The summed E-state index contributed by atoms with van der Waals surface area (Å²) in [5.41, 5.74) is 0.151. The van der Waals surface area contributed by atoms with Crippen LogP contribution in [0, 0.1) is 0 Å². The van der Waals surface area contributed by atoms with E-state index in [1.807, 2.05) is 0 Å². The summed E-state index contributed by atoms with van der Waals surface area (Å²) in [6.07, 6.45) is 0. The first-order chi connectivity index (χ1) is 19.8. The van der Waals surface area contributed by atoms with E-state index in [0.717, 1.165) is 12.1 Å². The molecule has 3 rings (SSSR count). The van der Waals surface area contributed by atoms with Gasteiger partial charge in [-0.2, -0.15) is 8.61 Å². The molecule has 3 aromatic carbocycles. The molecule has 42 heavy (non-hydrogen) atoms. The Bertz CT molecular complexity index is 1520. The summed E-state index contributed by atoms with van der Waals surface area (Å²) in [5.74, 6) is -2.67. The third-order valence-electron chi connectivity index (χ3n) is 6.57. The van der Waals surface area contributed by atoms with Gasteiger partial charge in [-0.3, -0.25) is 0 Å². The summed E-state index contributed by atoms with van der Waals surface area (Å²) < 4.78 is 53.7. The van der Waals surface area contributed by atoms with Crippen LogP contribution in [0.4, 0.5) is 22.7 Å². The first-order valence-corrected chi connectivity index (χ1v) is 16.1. The van der Waals surface area contributed by atoms with Crippen molar-refractivity contribution >= 4 is 54.7 Å². The minimum Gasteiger partial charge on any atom is -0.478 e. The predicted octanol–water partition coefficient (Wildman–Crippen LogP) is 4.63. The molecule has 3 aromatic rings. The third kappa shape index (κ3) is 6.90. The second-order valence-corrected chi connectivity index (χ2v) is 12.9. The standard InChI is InChI=1S/C28H34N4O8S2/c1-5-31(6-2)41(37,38)21-13-9-19(10-14-21)29-25-17-24(28(35)36)26(18-23(25)27(33)34)30-20-11-15-22(16-12-20)42(39,40)32(7-3)8-4/h9-18,29-30H,5-8H2,1-4H3,(H,33,34)(H,35,36). The van der Waals surface area contributed by atoms with E-state index >= 15 is 0 Å². The van der Waals surface area contributed by atoms with Crippen molar-refractivity contribution in [2.45, 2.75) is 37.5 Å². The van der Waals surface area contributed by atoms with E-state index in [-0.39, 0.29) is 32.3 Å². The van der Waals surface area contributed by atoms with E-state index in [4.69, 9.17) is 0 Å². The van der Waals surface area contributed by atoms with Gasteiger partial charge in [0.05, 0.1) is 32.3 Å². The monoisotopic (exact) mass is 618 g/mol. The highest BCUT2D eigenvalue weighted by Gasteiger charge is 2.24. The maximum Gasteiger partial charge on any atom is 0.337 e. The number of carbonyl (C=O) groups is 2. The molecule has 0 spiro atoms. The van der Waals surface area contributed by atoms with E-state index in [0.29, 0.717) is 37.6 Å². The SMILES string of the molecule is CCN(CC)S(=O)(=O)c1ccc(Nc2cc(C(=O)O)c(Nc3ccc(S(=O)(=O)N(CC)CC)cc3)cc2C(=O)O)cc1. The molecule has 0 saturated carbocycles. The van der Waals surface area contributed by atoms with Gasteiger partial charge in [0.15, 0.2) is 0 Å². The van der Waals surface area contributed by atoms with Crippen LogP contribution in [0.3, 0.4) is 0 Å². The molecule has 0 radical (unpaired) electrons. The average molecular weight is 619 g/mol. The Morgan fingerprint density at radius 3 is 1.12 bits per heavy atom. The molecule has 0 atom stereocenters. The molecule has 12 nitrogen and oxygen atoms in total. The molecule has 0 fully saturated rings. The van der Waals surface area contributed by atoms with Gasteiger partial charge in [-0.05, 0) is 60.7 Å². The van der Waals surface area contributed by atoms with Crippen molar-refractivity contribution < 1.29 is 36.6 Å². The zero-order chi connectivity index (χ0) is 31.2. The molecule has 0 saturated heterocycles. The van der Waals surface area contributed by atoms with E-state index in [2.05, 4.69) is 10.6 Å². The number of rotatable bonds is 14. The zero-order valence-electron chi connectivity index (χ0n) is 23.7. The molecule has 0 aliphatic carbocycles. The van der Waals surface area contributed by atoms with Gasteiger partial charge in [-0.15, -0.1) is 0 Å². The van der Waals surface area contributed by atoms with Gasteiger partial charge in [0.1, 0.15) is 0 Å². The topological polar surface area (TPSA) is 173 Å². The first kappa shape index (κ1) is 32.5. The Hall–Kier alpha value is -3.98. The van der Waals surface area contributed by atoms with E-state index in [9.17, 15) is 36.6 Å². The van der Waals surface area contributed by atoms with Crippen molar-refractivity contribution in [2.24, 2.45) is 0 Å². The summed E-state index contributed by atoms with van der Waals surface area (Å²) in [7, 11) is -7.39. The molecular formula is C28H34N4O8S2. The van der Waals surface area contributed by atoms with Crippen LogP contribution in [-0.4, -0.2) is 73.8 Å². The molecular weight excluding hydrogens is 584 g/mol. The molecule has 14 heteroatoms. The summed E-state index contributed by atoms with van der Waals surface area (Å²) in [6.45, 7) is 8.15. The Morgan fingerprint density at radius 1 is 0.595 bits per heavy atom. The number of sulfonamides is 2. The van der Waals surface area contributed by atoms with E-state index in [1.54, 1.807) is 27.7 Å². The predicted molar refractivity (Wildman–Crippen MR) is 160 cm³/mol.